The summed E-state index contributed by atoms with van der Waals surface area (Å²) in [6.45, 7) is 7.31. The number of likely N-dealkylation sites (tertiary alicyclic amines) is 1. The molecule has 4 rings (SSSR count). The van der Waals surface area contributed by atoms with Crippen molar-refractivity contribution in [1.82, 2.24) is 19.8 Å². The van der Waals surface area contributed by atoms with Crippen molar-refractivity contribution in [2.45, 2.75) is 26.3 Å². The SMILES string of the molecule is Cc1ncc(/C(O)=C2\C(=O)C(=O)N(CCCN3CCOCC3)[C@H]2c2ccccc2F)c(C)n1. The third-order valence-corrected chi connectivity index (χ3v) is 6.07. The van der Waals surface area contributed by atoms with Crippen LogP contribution in [0.25, 0.3) is 5.76 Å². The first-order chi connectivity index (χ1) is 15.9. The molecular formula is C24H27FN4O4. The van der Waals surface area contributed by atoms with E-state index in [-0.39, 0.29) is 23.2 Å². The molecule has 1 aromatic carbocycles. The van der Waals surface area contributed by atoms with E-state index >= 15 is 0 Å². The van der Waals surface area contributed by atoms with E-state index in [1.165, 1.54) is 23.2 Å². The van der Waals surface area contributed by atoms with Gasteiger partial charge >= 0.3 is 0 Å². The molecule has 1 N–H and O–H groups in total. The smallest absolute Gasteiger partial charge is 0.295 e. The van der Waals surface area contributed by atoms with E-state index in [1.807, 2.05) is 0 Å². The highest BCUT2D eigenvalue weighted by Gasteiger charge is 2.46. The summed E-state index contributed by atoms with van der Waals surface area (Å²) in [4.78, 5) is 38.0. The lowest BCUT2D eigenvalue weighted by atomic mass is 9.95. The predicted molar refractivity (Wildman–Crippen MR) is 119 cm³/mol. The van der Waals surface area contributed by atoms with Crippen LogP contribution in [0, 0.1) is 19.7 Å². The summed E-state index contributed by atoms with van der Waals surface area (Å²) in [6.07, 6.45) is 2.02. The summed E-state index contributed by atoms with van der Waals surface area (Å²) in [5.74, 6) is -2.03. The van der Waals surface area contributed by atoms with Crippen molar-refractivity contribution >= 4 is 17.4 Å². The van der Waals surface area contributed by atoms with Crippen molar-refractivity contribution in [3.63, 3.8) is 0 Å². The van der Waals surface area contributed by atoms with Crippen LogP contribution in [0.3, 0.4) is 0 Å². The fourth-order valence-corrected chi connectivity index (χ4v) is 4.38. The molecule has 174 valence electrons. The van der Waals surface area contributed by atoms with Gasteiger partial charge in [0, 0.05) is 37.9 Å². The first kappa shape index (κ1) is 23.0. The summed E-state index contributed by atoms with van der Waals surface area (Å²) >= 11 is 0. The number of hydrogen-bond donors (Lipinski definition) is 1. The number of ether oxygens (including phenoxy) is 1. The lowest BCUT2D eigenvalue weighted by Gasteiger charge is -2.29. The Kier molecular flexibility index (Phi) is 6.80. The summed E-state index contributed by atoms with van der Waals surface area (Å²) in [5, 5.41) is 11.1. The molecule has 1 aromatic heterocycles. The number of amides is 1. The van der Waals surface area contributed by atoms with Crippen molar-refractivity contribution in [3.8, 4) is 0 Å². The Balaban J connectivity index is 1.71. The Labute approximate surface area is 191 Å². The van der Waals surface area contributed by atoms with Crippen LogP contribution in [-0.4, -0.2) is 76.0 Å². The zero-order chi connectivity index (χ0) is 23.5. The molecule has 2 aliphatic heterocycles. The Hall–Kier alpha value is -3.17. The Morgan fingerprint density at radius 3 is 2.61 bits per heavy atom. The van der Waals surface area contributed by atoms with Gasteiger partial charge in [0.05, 0.1) is 36.1 Å². The van der Waals surface area contributed by atoms with Crippen molar-refractivity contribution in [2.75, 3.05) is 39.4 Å². The van der Waals surface area contributed by atoms with Crippen molar-refractivity contribution in [3.05, 3.63) is 64.5 Å². The largest absolute Gasteiger partial charge is 0.507 e. The number of carbonyl (C=O) groups is 2. The van der Waals surface area contributed by atoms with Gasteiger partial charge in [0.25, 0.3) is 11.7 Å². The van der Waals surface area contributed by atoms with Crippen molar-refractivity contribution < 1.29 is 23.8 Å². The standard InChI is InChI=1S/C24H27FN4O4/c1-15-18(14-26-16(2)27-15)22(30)20-21(17-6-3-4-7-19(17)25)29(24(32)23(20)31)9-5-8-28-10-12-33-13-11-28/h3-4,6-7,14,21,30H,5,8-13H2,1-2H3/b22-20+/t21-/m0/s1. The summed E-state index contributed by atoms with van der Waals surface area (Å²) in [7, 11) is 0. The number of carbonyl (C=O) groups excluding carboxylic acids is 2. The Bertz CT molecular complexity index is 1100. The van der Waals surface area contributed by atoms with Crippen LogP contribution in [0.2, 0.25) is 0 Å². The molecule has 2 aromatic rings. The fraction of sp³-hybridized carbons (Fsp3) is 0.417. The monoisotopic (exact) mass is 454 g/mol. The van der Waals surface area contributed by atoms with Crippen LogP contribution in [0.1, 0.15) is 35.1 Å². The van der Waals surface area contributed by atoms with E-state index in [0.29, 0.717) is 31.2 Å². The van der Waals surface area contributed by atoms with Gasteiger partial charge in [0.1, 0.15) is 17.4 Å². The topological polar surface area (TPSA) is 95.9 Å². The lowest BCUT2D eigenvalue weighted by molar-refractivity contribution is -0.140. The molecular weight excluding hydrogens is 427 g/mol. The van der Waals surface area contributed by atoms with E-state index < -0.39 is 29.3 Å². The molecule has 0 saturated carbocycles. The molecule has 0 bridgehead atoms. The molecule has 2 saturated heterocycles. The second kappa shape index (κ2) is 9.76. The van der Waals surface area contributed by atoms with Crippen molar-refractivity contribution in [1.29, 1.82) is 0 Å². The van der Waals surface area contributed by atoms with Crippen LogP contribution >= 0.6 is 0 Å². The van der Waals surface area contributed by atoms with Crippen LogP contribution in [0.15, 0.2) is 36.0 Å². The van der Waals surface area contributed by atoms with Gasteiger partial charge in [0.2, 0.25) is 0 Å². The molecule has 1 amide bonds. The van der Waals surface area contributed by atoms with E-state index in [2.05, 4.69) is 14.9 Å². The van der Waals surface area contributed by atoms with Crippen LogP contribution < -0.4 is 0 Å². The van der Waals surface area contributed by atoms with Crippen LogP contribution in [0.5, 0.6) is 0 Å². The zero-order valence-corrected chi connectivity index (χ0v) is 18.8. The minimum atomic E-state index is -1.03. The molecule has 8 nitrogen and oxygen atoms in total. The number of aryl methyl sites for hydroxylation is 2. The number of aliphatic hydroxyl groups excluding tert-OH is 1. The number of aliphatic hydroxyl groups is 1. The maximum Gasteiger partial charge on any atom is 0.295 e. The third kappa shape index (κ3) is 4.65. The molecule has 0 aliphatic carbocycles. The number of benzene rings is 1. The highest BCUT2D eigenvalue weighted by molar-refractivity contribution is 6.46. The van der Waals surface area contributed by atoms with Gasteiger partial charge in [0.15, 0.2) is 0 Å². The Morgan fingerprint density at radius 1 is 1.18 bits per heavy atom. The van der Waals surface area contributed by atoms with Gasteiger partial charge in [-0.3, -0.25) is 14.5 Å². The van der Waals surface area contributed by atoms with Crippen LogP contribution in [0.4, 0.5) is 4.39 Å². The second-order valence-electron chi connectivity index (χ2n) is 8.24. The second-order valence-corrected chi connectivity index (χ2v) is 8.24. The summed E-state index contributed by atoms with van der Waals surface area (Å²) < 4.78 is 20.2. The molecule has 33 heavy (non-hydrogen) atoms. The first-order valence-corrected chi connectivity index (χ1v) is 11.0. The molecule has 0 unspecified atom stereocenters. The molecule has 9 heteroatoms. The van der Waals surface area contributed by atoms with E-state index in [1.54, 1.807) is 26.0 Å². The predicted octanol–water partition coefficient (Wildman–Crippen LogP) is 2.38. The number of ketones is 1. The summed E-state index contributed by atoms with van der Waals surface area (Å²) in [6, 6.07) is 4.97. The van der Waals surface area contributed by atoms with Gasteiger partial charge in [-0.2, -0.15) is 0 Å². The van der Waals surface area contributed by atoms with Crippen LogP contribution in [-0.2, 0) is 14.3 Å². The maximum atomic E-state index is 14.9. The highest BCUT2D eigenvalue weighted by atomic mass is 19.1. The van der Waals surface area contributed by atoms with Gasteiger partial charge < -0.3 is 14.7 Å². The molecule has 0 radical (unpaired) electrons. The molecule has 1 atom stereocenters. The van der Waals surface area contributed by atoms with Gasteiger partial charge in [-0.15, -0.1) is 0 Å². The number of rotatable bonds is 6. The minimum Gasteiger partial charge on any atom is -0.507 e. The lowest BCUT2D eigenvalue weighted by Crippen LogP contribution is -2.39. The number of Topliss-reactive ketones (excluding diaryl/α,β-unsaturated/α-hetero) is 1. The maximum absolute atomic E-state index is 14.9. The van der Waals surface area contributed by atoms with Gasteiger partial charge in [-0.1, -0.05) is 18.2 Å². The molecule has 0 spiro atoms. The van der Waals surface area contributed by atoms with E-state index in [0.717, 1.165) is 19.6 Å². The highest BCUT2D eigenvalue weighted by Crippen LogP contribution is 2.40. The van der Waals surface area contributed by atoms with Gasteiger partial charge in [-0.05, 0) is 26.3 Å². The third-order valence-electron chi connectivity index (χ3n) is 6.07. The molecule has 3 heterocycles. The average molecular weight is 455 g/mol. The molecule has 2 fully saturated rings. The summed E-state index contributed by atoms with van der Waals surface area (Å²) in [5.41, 5.74) is 0.724. The molecule has 2 aliphatic rings. The number of aromatic nitrogens is 2. The number of nitrogens with zero attached hydrogens (tertiary/aromatic N) is 4. The van der Waals surface area contributed by atoms with Crippen molar-refractivity contribution in [2.24, 2.45) is 0 Å². The van der Waals surface area contributed by atoms with E-state index in [4.69, 9.17) is 4.74 Å². The number of hydrogen-bond acceptors (Lipinski definition) is 7. The van der Waals surface area contributed by atoms with E-state index in [9.17, 15) is 19.1 Å². The quantitative estimate of drug-likeness (QED) is 0.407. The van der Waals surface area contributed by atoms with Gasteiger partial charge in [-0.25, -0.2) is 14.4 Å². The number of halogens is 1. The Morgan fingerprint density at radius 2 is 1.91 bits per heavy atom. The normalized spacial score (nSPS) is 21.1. The first-order valence-electron chi connectivity index (χ1n) is 11.0. The average Bonchev–Trinajstić information content (AvgIpc) is 3.04. The fourth-order valence-electron chi connectivity index (χ4n) is 4.38. The minimum absolute atomic E-state index is 0.146. The zero-order valence-electron chi connectivity index (χ0n) is 18.8. The number of morpholine rings is 1.